The lowest BCUT2D eigenvalue weighted by Gasteiger charge is -2.36. The van der Waals surface area contributed by atoms with Crippen molar-refractivity contribution in [1.82, 2.24) is 10.2 Å². The van der Waals surface area contributed by atoms with Crippen LogP contribution in [0.3, 0.4) is 0 Å². The molecule has 4 nitrogen and oxygen atoms in total. The summed E-state index contributed by atoms with van der Waals surface area (Å²) < 4.78 is 0. The number of hydrogen-bond donors (Lipinski definition) is 1. The van der Waals surface area contributed by atoms with Crippen LogP contribution in [0.2, 0.25) is 0 Å². The second kappa shape index (κ2) is 4.84. The van der Waals surface area contributed by atoms with E-state index in [2.05, 4.69) is 11.4 Å². The highest BCUT2D eigenvalue weighted by Crippen LogP contribution is 2.37. The molecule has 2 rings (SSSR count). The molecule has 16 heavy (non-hydrogen) atoms. The van der Waals surface area contributed by atoms with E-state index in [4.69, 9.17) is 0 Å². The smallest absolute Gasteiger partial charge is 0.243 e. The fourth-order valence-corrected chi connectivity index (χ4v) is 2.70. The third kappa shape index (κ3) is 2.05. The highest BCUT2D eigenvalue weighted by atomic mass is 16.2. The third-order valence-electron chi connectivity index (χ3n) is 3.73. The van der Waals surface area contributed by atoms with E-state index in [0.717, 1.165) is 58.3 Å². The minimum Gasteiger partial charge on any atom is -0.339 e. The summed E-state index contributed by atoms with van der Waals surface area (Å²) in [5.41, 5.74) is -0.699. The van der Waals surface area contributed by atoms with Gasteiger partial charge in [0.2, 0.25) is 5.91 Å². The monoisotopic (exact) mass is 221 g/mol. The standard InChI is InChI=1S/C12H19N3O/c13-10-12(4-2-1-3-5-12)11(16)15-8-6-14-7-9-15/h14H,1-9H2. The van der Waals surface area contributed by atoms with Gasteiger partial charge in [0.15, 0.2) is 0 Å². The summed E-state index contributed by atoms with van der Waals surface area (Å²) in [5.74, 6) is 0.0798. The number of carbonyl (C=O) groups is 1. The maximum atomic E-state index is 12.4. The van der Waals surface area contributed by atoms with Crippen molar-refractivity contribution in [2.75, 3.05) is 26.2 Å². The summed E-state index contributed by atoms with van der Waals surface area (Å²) >= 11 is 0. The molecule has 4 heteroatoms. The Morgan fingerprint density at radius 2 is 1.81 bits per heavy atom. The van der Waals surface area contributed by atoms with Gasteiger partial charge >= 0.3 is 0 Å². The van der Waals surface area contributed by atoms with Crippen molar-refractivity contribution in [2.45, 2.75) is 32.1 Å². The number of carbonyl (C=O) groups excluding carboxylic acids is 1. The maximum Gasteiger partial charge on any atom is 0.243 e. The summed E-state index contributed by atoms with van der Waals surface area (Å²) in [4.78, 5) is 14.2. The van der Waals surface area contributed by atoms with E-state index in [1.807, 2.05) is 4.90 Å². The van der Waals surface area contributed by atoms with Gasteiger partial charge in [-0.25, -0.2) is 0 Å². The minimum atomic E-state index is -0.699. The first kappa shape index (κ1) is 11.4. The van der Waals surface area contributed by atoms with Gasteiger partial charge in [0.25, 0.3) is 0 Å². The Kier molecular flexibility index (Phi) is 3.45. The number of amides is 1. The van der Waals surface area contributed by atoms with Crippen molar-refractivity contribution >= 4 is 5.91 Å². The highest BCUT2D eigenvalue weighted by molar-refractivity contribution is 5.85. The second-order valence-corrected chi connectivity index (χ2v) is 4.80. The van der Waals surface area contributed by atoms with Gasteiger partial charge in [-0.05, 0) is 12.8 Å². The number of nitrogens with zero attached hydrogens (tertiary/aromatic N) is 2. The molecule has 0 aromatic heterocycles. The normalized spacial score (nSPS) is 24.8. The minimum absolute atomic E-state index is 0.0798. The molecule has 2 aliphatic rings. The lowest BCUT2D eigenvalue weighted by Crippen LogP contribution is -2.52. The van der Waals surface area contributed by atoms with E-state index in [1.165, 1.54) is 0 Å². The molecule has 0 radical (unpaired) electrons. The molecule has 0 spiro atoms. The van der Waals surface area contributed by atoms with Gasteiger partial charge in [0, 0.05) is 26.2 Å². The average Bonchev–Trinajstić information content (AvgIpc) is 2.39. The van der Waals surface area contributed by atoms with Gasteiger partial charge in [-0.3, -0.25) is 4.79 Å². The average molecular weight is 221 g/mol. The van der Waals surface area contributed by atoms with Gasteiger partial charge in [-0.2, -0.15) is 5.26 Å². The SMILES string of the molecule is N#CC1(C(=O)N2CCNCC2)CCCCC1. The van der Waals surface area contributed by atoms with Crippen LogP contribution in [0.5, 0.6) is 0 Å². The number of rotatable bonds is 1. The summed E-state index contributed by atoms with van der Waals surface area (Å²) in [6, 6.07) is 2.30. The van der Waals surface area contributed by atoms with E-state index in [9.17, 15) is 10.1 Å². The van der Waals surface area contributed by atoms with Crippen LogP contribution in [0.4, 0.5) is 0 Å². The van der Waals surface area contributed by atoms with Crippen molar-refractivity contribution in [1.29, 1.82) is 5.26 Å². The van der Waals surface area contributed by atoms with Gasteiger partial charge in [-0.15, -0.1) is 0 Å². The summed E-state index contributed by atoms with van der Waals surface area (Å²) in [6.45, 7) is 3.21. The first-order valence-electron chi connectivity index (χ1n) is 6.20. The van der Waals surface area contributed by atoms with Crippen molar-refractivity contribution in [2.24, 2.45) is 5.41 Å². The molecular weight excluding hydrogens is 202 g/mol. The largest absolute Gasteiger partial charge is 0.339 e. The van der Waals surface area contributed by atoms with Crippen LogP contribution >= 0.6 is 0 Å². The van der Waals surface area contributed by atoms with Crippen LogP contribution in [-0.2, 0) is 4.79 Å². The van der Waals surface area contributed by atoms with Gasteiger partial charge in [0.1, 0.15) is 5.41 Å². The van der Waals surface area contributed by atoms with E-state index in [-0.39, 0.29) is 5.91 Å². The highest BCUT2D eigenvalue weighted by Gasteiger charge is 2.42. The van der Waals surface area contributed by atoms with Gasteiger partial charge < -0.3 is 10.2 Å². The van der Waals surface area contributed by atoms with Gasteiger partial charge in [-0.1, -0.05) is 19.3 Å². The Morgan fingerprint density at radius 3 is 2.38 bits per heavy atom. The zero-order valence-corrected chi connectivity index (χ0v) is 9.67. The maximum absolute atomic E-state index is 12.4. The van der Waals surface area contributed by atoms with Crippen molar-refractivity contribution < 1.29 is 4.79 Å². The fraction of sp³-hybridized carbons (Fsp3) is 0.833. The number of nitriles is 1. The molecule has 1 aliphatic carbocycles. The summed E-state index contributed by atoms with van der Waals surface area (Å²) in [6.07, 6.45) is 4.72. The third-order valence-corrected chi connectivity index (χ3v) is 3.73. The van der Waals surface area contributed by atoms with Crippen LogP contribution in [0, 0.1) is 16.7 Å². The Bertz CT molecular complexity index is 296. The van der Waals surface area contributed by atoms with E-state index >= 15 is 0 Å². The molecular formula is C12H19N3O. The second-order valence-electron chi connectivity index (χ2n) is 4.80. The number of piperazine rings is 1. The molecule has 0 aromatic carbocycles. The molecule has 88 valence electrons. The fourth-order valence-electron chi connectivity index (χ4n) is 2.70. The van der Waals surface area contributed by atoms with Crippen molar-refractivity contribution in [3.8, 4) is 6.07 Å². The zero-order valence-electron chi connectivity index (χ0n) is 9.67. The van der Waals surface area contributed by atoms with Crippen molar-refractivity contribution in [3.63, 3.8) is 0 Å². The molecule has 2 fully saturated rings. The van der Waals surface area contributed by atoms with E-state index in [0.29, 0.717) is 0 Å². The molecule has 0 atom stereocenters. The molecule has 1 aliphatic heterocycles. The summed E-state index contributed by atoms with van der Waals surface area (Å²) in [7, 11) is 0. The lowest BCUT2D eigenvalue weighted by atomic mass is 9.74. The molecule has 0 aromatic rings. The molecule has 1 heterocycles. The first-order chi connectivity index (χ1) is 7.78. The van der Waals surface area contributed by atoms with Gasteiger partial charge in [0.05, 0.1) is 6.07 Å². The molecule has 0 bridgehead atoms. The Hall–Kier alpha value is -1.08. The Labute approximate surface area is 96.6 Å². The van der Waals surface area contributed by atoms with Crippen LogP contribution in [0.25, 0.3) is 0 Å². The van der Waals surface area contributed by atoms with Crippen LogP contribution in [0.15, 0.2) is 0 Å². The predicted molar refractivity (Wildman–Crippen MR) is 60.6 cm³/mol. The summed E-state index contributed by atoms with van der Waals surface area (Å²) in [5, 5.41) is 12.6. The number of hydrogen-bond acceptors (Lipinski definition) is 3. The quantitative estimate of drug-likeness (QED) is 0.715. The molecule has 0 unspecified atom stereocenters. The van der Waals surface area contributed by atoms with E-state index < -0.39 is 5.41 Å². The molecule has 1 saturated carbocycles. The molecule has 1 amide bonds. The lowest BCUT2D eigenvalue weighted by molar-refractivity contribution is -0.141. The topological polar surface area (TPSA) is 56.1 Å². The van der Waals surface area contributed by atoms with Crippen LogP contribution in [0.1, 0.15) is 32.1 Å². The predicted octanol–water partition coefficient (Wildman–Crippen LogP) is 0.892. The first-order valence-corrected chi connectivity index (χ1v) is 6.20. The molecule has 1 saturated heterocycles. The van der Waals surface area contributed by atoms with E-state index in [1.54, 1.807) is 0 Å². The number of nitrogens with one attached hydrogen (secondary N) is 1. The molecule has 1 N–H and O–H groups in total. The van der Waals surface area contributed by atoms with Crippen LogP contribution in [-0.4, -0.2) is 37.0 Å². The zero-order chi connectivity index (χ0) is 11.4. The Morgan fingerprint density at radius 1 is 1.19 bits per heavy atom. The van der Waals surface area contributed by atoms with Crippen molar-refractivity contribution in [3.05, 3.63) is 0 Å². The Balaban J connectivity index is 2.08. The van der Waals surface area contributed by atoms with Crippen LogP contribution < -0.4 is 5.32 Å².